The maximum atomic E-state index is 4.51. The SMILES string of the molecule is CN=C(NCC(C)Cc1cccs1)N(C)Cc1csc(C)n1. The van der Waals surface area contributed by atoms with E-state index in [1.807, 2.05) is 32.4 Å². The third-order valence-corrected chi connectivity index (χ3v) is 5.10. The van der Waals surface area contributed by atoms with Gasteiger partial charge in [-0.25, -0.2) is 4.98 Å². The van der Waals surface area contributed by atoms with Crippen LogP contribution in [0.15, 0.2) is 27.9 Å². The molecule has 1 unspecified atom stereocenters. The Hall–Kier alpha value is -1.40. The molecule has 1 N–H and O–H groups in total. The van der Waals surface area contributed by atoms with E-state index < -0.39 is 0 Å². The van der Waals surface area contributed by atoms with Crippen molar-refractivity contribution in [3.8, 4) is 0 Å². The molecule has 0 spiro atoms. The zero-order valence-electron chi connectivity index (χ0n) is 13.7. The van der Waals surface area contributed by atoms with E-state index in [9.17, 15) is 0 Å². The van der Waals surface area contributed by atoms with Gasteiger partial charge in [-0.2, -0.15) is 0 Å². The molecule has 2 heterocycles. The summed E-state index contributed by atoms with van der Waals surface area (Å²) in [5.41, 5.74) is 1.10. The first-order valence-corrected chi connectivity index (χ1v) is 9.19. The third-order valence-electron chi connectivity index (χ3n) is 3.38. The lowest BCUT2D eigenvalue weighted by Crippen LogP contribution is -2.40. The average Bonchev–Trinajstić information content (AvgIpc) is 3.11. The summed E-state index contributed by atoms with van der Waals surface area (Å²) in [5, 5.41) is 8.82. The van der Waals surface area contributed by atoms with Crippen LogP contribution in [0, 0.1) is 12.8 Å². The Kier molecular flexibility index (Phi) is 6.39. The summed E-state index contributed by atoms with van der Waals surface area (Å²) in [6, 6.07) is 4.31. The van der Waals surface area contributed by atoms with Gasteiger partial charge in [0.25, 0.3) is 0 Å². The topological polar surface area (TPSA) is 40.5 Å². The third kappa shape index (κ3) is 5.10. The molecular formula is C16H24N4S2. The zero-order chi connectivity index (χ0) is 15.9. The molecule has 22 heavy (non-hydrogen) atoms. The summed E-state index contributed by atoms with van der Waals surface area (Å²) >= 11 is 3.52. The summed E-state index contributed by atoms with van der Waals surface area (Å²) in [4.78, 5) is 12.4. The van der Waals surface area contributed by atoms with Crippen molar-refractivity contribution in [2.24, 2.45) is 10.9 Å². The Labute approximate surface area is 140 Å². The van der Waals surface area contributed by atoms with E-state index in [1.54, 1.807) is 11.3 Å². The number of guanidine groups is 1. The average molecular weight is 337 g/mol. The molecule has 120 valence electrons. The minimum atomic E-state index is 0.574. The van der Waals surface area contributed by atoms with Gasteiger partial charge >= 0.3 is 0 Å². The van der Waals surface area contributed by atoms with Gasteiger partial charge in [0.2, 0.25) is 0 Å². The van der Waals surface area contributed by atoms with Crippen LogP contribution < -0.4 is 5.32 Å². The van der Waals surface area contributed by atoms with Gasteiger partial charge in [0.05, 0.1) is 17.2 Å². The molecule has 0 amide bonds. The van der Waals surface area contributed by atoms with Crippen LogP contribution in [-0.4, -0.2) is 36.5 Å². The van der Waals surface area contributed by atoms with Crippen molar-refractivity contribution in [1.82, 2.24) is 15.2 Å². The van der Waals surface area contributed by atoms with Gasteiger partial charge in [0.15, 0.2) is 5.96 Å². The minimum Gasteiger partial charge on any atom is -0.356 e. The van der Waals surface area contributed by atoms with Gasteiger partial charge in [-0.15, -0.1) is 22.7 Å². The molecule has 1 atom stereocenters. The van der Waals surface area contributed by atoms with Crippen molar-refractivity contribution in [2.75, 3.05) is 20.6 Å². The number of hydrogen-bond acceptors (Lipinski definition) is 4. The van der Waals surface area contributed by atoms with Crippen LogP contribution in [0.1, 0.15) is 22.5 Å². The van der Waals surface area contributed by atoms with Crippen LogP contribution in [0.4, 0.5) is 0 Å². The fraction of sp³-hybridized carbons (Fsp3) is 0.500. The minimum absolute atomic E-state index is 0.574. The van der Waals surface area contributed by atoms with Crippen LogP contribution in [-0.2, 0) is 13.0 Å². The van der Waals surface area contributed by atoms with Crippen molar-refractivity contribution >= 4 is 28.6 Å². The normalized spacial score (nSPS) is 13.2. The van der Waals surface area contributed by atoms with E-state index in [1.165, 1.54) is 4.88 Å². The fourth-order valence-electron chi connectivity index (χ4n) is 2.29. The largest absolute Gasteiger partial charge is 0.356 e. The van der Waals surface area contributed by atoms with Crippen molar-refractivity contribution in [3.05, 3.63) is 38.5 Å². The van der Waals surface area contributed by atoms with Crippen molar-refractivity contribution in [1.29, 1.82) is 0 Å². The molecule has 0 aliphatic carbocycles. The predicted molar refractivity (Wildman–Crippen MR) is 96.9 cm³/mol. The molecule has 0 saturated carbocycles. The number of nitrogens with one attached hydrogen (secondary N) is 1. The number of aliphatic imine (C=N–C) groups is 1. The number of rotatable bonds is 6. The second-order valence-electron chi connectivity index (χ2n) is 5.53. The molecule has 0 fully saturated rings. The van der Waals surface area contributed by atoms with E-state index in [-0.39, 0.29) is 0 Å². The quantitative estimate of drug-likeness (QED) is 0.649. The number of aromatic nitrogens is 1. The number of hydrogen-bond donors (Lipinski definition) is 1. The van der Waals surface area contributed by atoms with Gasteiger partial charge in [0, 0.05) is 30.9 Å². The van der Waals surface area contributed by atoms with Gasteiger partial charge in [0.1, 0.15) is 0 Å². The maximum absolute atomic E-state index is 4.51. The van der Waals surface area contributed by atoms with Crippen LogP contribution in [0.2, 0.25) is 0 Å². The Balaban J connectivity index is 1.81. The first-order valence-electron chi connectivity index (χ1n) is 7.43. The monoisotopic (exact) mass is 336 g/mol. The molecule has 4 nitrogen and oxygen atoms in total. The highest BCUT2D eigenvalue weighted by molar-refractivity contribution is 7.10. The molecule has 0 aliphatic rings. The second kappa shape index (κ2) is 8.29. The van der Waals surface area contributed by atoms with E-state index >= 15 is 0 Å². The smallest absolute Gasteiger partial charge is 0.193 e. The maximum Gasteiger partial charge on any atom is 0.193 e. The van der Waals surface area contributed by atoms with Crippen LogP contribution in [0.3, 0.4) is 0 Å². The Morgan fingerprint density at radius 3 is 2.86 bits per heavy atom. The highest BCUT2D eigenvalue weighted by Crippen LogP contribution is 2.14. The summed E-state index contributed by atoms with van der Waals surface area (Å²) in [5.74, 6) is 1.49. The first-order chi connectivity index (χ1) is 10.6. The van der Waals surface area contributed by atoms with Crippen molar-refractivity contribution in [3.63, 3.8) is 0 Å². The highest BCUT2D eigenvalue weighted by Gasteiger charge is 2.10. The van der Waals surface area contributed by atoms with Gasteiger partial charge in [-0.1, -0.05) is 13.0 Å². The number of thiazole rings is 1. The number of thiophene rings is 1. The summed E-state index contributed by atoms with van der Waals surface area (Å²) < 4.78 is 0. The molecule has 6 heteroatoms. The molecule has 2 aromatic heterocycles. The highest BCUT2D eigenvalue weighted by atomic mass is 32.1. The van der Waals surface area contributed by atoms with Gasteiger partial charge in [-0.3, -0.25) is 4.99 Å². The molecule has 0 radical (unpaired) electrons. The first kappa shape index (κ1) is 17.0. The lowest BCUT2D eigenvalue weighted by atomic mass is 10.1. The predicted octanol–water partition coefficient (Wildman–Crippen LogP) is 3.40. The number of nitrogens with zero attached hydrogens (tertiary/aromatic N) is 3. The summed E-state index contributed by atoms with van der Waals surface area (Å²) in [6.07, 6.45) is 1.11. The molecule has 0 aromatic carbocycles. The summed E-state index contributed by atoms with van der Waals surface area (Å²) in [7, 11) is 3.88. The Morgan fingerprint density at radius 2 is 2.27 bits per heavy atom. The van der Waals surface area contributed by atoms with Gasteiger partial charge in [-0.05, 0) is 30.7 Å². The fourth-order valence-corrected chi connectivity index (χ4v) is 3.77. The van der Waals surface area contributed by atoms with E-state index in [0.29, 0.717) is 5.92 Å². The Morgan fingerprint density at radius 1 is 1.45 bits per heavy atom. The summed E-state index contributed by atoms with van der Waals surface area (Å²) in [6.45, 7) is 6.01. The van der Waals surface area contributed by atoms with Crippen molar-refractivity contribution in [2.45, 2.75) is 26.8 Å². The van der Waals surface area contributed by atoms with Crippen molar-refractivity contribution < 1.29 is 0 Å². The zero-order valence-corrected chi connectivity index (χ0v) is 15.3. The molecule has 2 aromatic rings. The standard InChI is InChI=1S/C16H24N4S2/c1-12(8-15-6-5-7-21-15)9-18-16(17-3)20(4)10-14-11-22-13(2)19-14/h5-7,11-12H,8-10H2,1-4H3,(H,17,18). The van der Waals surface area contributed by atoms with Crippen LogP contribution in [0.5, 0.6) is 0 Å². The van der Waals surface area contributed by atoms with Crippen LogP contribution in [0.25, 0.3) is 0 Å². The molecule has 0 bridgehead atoms. The second-order valence-corrected chi connectivity index (χ2v) is 7.63. The lowest BCUT2D eigenvalue weighted by Gasteiger charge is -2.22. The molecule has 2 rings (SSSR count). The molecule has 0 saturated heterocycles. The number of aryl methyl sites for hydroxylation is 1. The molecule has 0 aliphatic heterocycles. The molecular weight excluding hydrogens is 312 g/mol. The van der Waals surface area contributed by atoms with E-state index in [2.05, 4.69) is 50.0 Å². The van der Waals surface area contributed by atoms with E-state index in [0.717, 1.165) is 36.2 Å². The Bertz CT molecular complexity index is 589. The lowest BCUT2D eigenvalue weighted by molar-refractivity contribution is 0.457. The van der Waals surface area contributed by atoms with E-state index in [4.69, 9.17) is 0 Å². The van der Waals surface area contributed by atoms with Gasteiger partial charge < -0.3 is 10.2 Å². The van der Waals surface area contributed by atoms with Crippen LogP contribution >= 0.6 is 22.7 Å².